The Balaban J connectivity index is 1.51. The number of thioether (sulfide) groups is 1. The predicted octanol–water partition coefficient (Wildman–Crippen LogP) is 4.22. The third-order valence-corrected chi connectivity index (χ3v) is 4.99. The number of hydrogen-bond acceptors (Lipinski definition) is 4. The summed E-state index contributed by atoms with van der Waals surface area (Å²) in [5, 5.41) is 10.0. The molecule has 7 heteroatoms. The van der Waals surface area contributed by atoms with E-state index in [0.29, 0.717) is 17.5 Å². The van der Waals surface area contributed by atoms with E-state index in [4.69, 9.17) is 0 Å². The van der Waals surface area contributed by atoms with Gasteiger partial charge in [0.05, 0.1) is 5.25 Å². The Morgan fingerprint density at radius 1 is 1.18 bits per heavy atom. The van der Waals surface area contributed by atoms with E-state index in [0.717, 1.165) is 11.1 Å². The van der Waals surface area contributed by atoms with E-state index < -0.39 is 0 Å². The average molecular weight is 396 g/mol. The first-order chi connectivity index (χ1) is 13.5. The Morgan fingerprint density at radius 2 is 1.89 bits per heavy atom. The smallest absolute Gasteiger partial charge is 0.233 e. The lowest BCUT2D eigenvalue weighted by molar-refractivity contribution is -0.120. The minimum Gasteiger partial charge on any atom is -0.351 e. The normalized spacial score (nSPS) is 12.2. The second-order valence-electron chi connectivity index (χ2n) is 6.35. The standard InChI is InChI=1S/C21H21FN4OS/c1-14-3-5-17(6-4-14)13-23-20(27)15(2)28-21-24-19(25-26-21)12-9-16-7-10-18(22)11-8-16/h3-12,15H,13H2,1-2H3,(H,23,27)(H,24,25,26)/b12-9+. The molecule has 28 heavy (non-hydrogen) atoms. The summed E-state index contributed by atoms with van der Waals surface area (Å²) in [6, 6.07) is 14.2. The molecule has 0 aliphatic carbocycles. The number of rotatable bonds is 7. The lowest BCUT2D eigenvalue weighted by Crippen LogP contribution is -2.30. The Labute approximate surface area is 167 Å². The van der Waals surface area contributed by atoms with Gasteiger partial charge in [0, 0.05) is 6.54 Å². The molecule has 0 spiro atoms. The van der Waals surface area contributed by atoms with E-state index in [2.05, 4.69) is 20.5 Å². The van der Waals surface area contributed by atoms with Gasteiger partial charge in [-0.2, -0.15) is 0 Å². The Kier molecular flexibility index (Phi) is 6.60. The maximum absolute atomic E-state index is 12.9. The first-order valence-corrected chi connectivity index (χ1v) is 9.73. The summed E-state index contributed by atoms with van der Waals surface area (Å²) in [6.45, 7) is 4.34. The molecule has 1 unspecified atom stereocenters. The van der Waals surface area contributed by atoms with Crippen LogP contribution in [-0.2, 0) is 11.3 Å². The van der Waals surface area contributed by atoms with Crippen molar-refractivity contribution in [1.29, 1.82) is 0 Å². The van der Waals surface area contributed by atoms with Gasteiger partial charge in [0.25, 0.3) is 0 Å². The third-order valence-electron chi connectivity index (χ3n) is 4.02. The molecule has 3 aromatic rings. The van der Waals surface area contributed by atoms with Crippen LogP contribution >= 0.6 is 11.8 Å². The van der Waals surface area contributed by atoms with Crippen molar-refractivity contribution in [2.75, 3.05) is 0 Å². The molecule has 1 amide bonds. The molecule has 0 fully saturated rings. The molecule has 0 saturated carbocycles. The molecule has 0 radical (unpaired) electrons. The zero-order chi connectivity index (χ0) is 19.9. The van der Waals surface area contributed by atoms with Gasteiger partial charge in [-0.3, -0.25) is 9.89 Å². The van der Waals surface area contributed by atoms with Crippen LogP contribution in [0.25, 0.3) is 12.2 Å². The number of nitrogens with zero attached hydrogens (tertiary/aromatic N) is 2. The zero-order valence-electron chi connectivity index (χ0n) is 15.6. The molecule has 144 valence electrons. The molecule has 5 nitrogen and oxygen atoms in total. The van der Waals surface area contributed by atoms with Crippen molar-refractivity contribution in [3.63, 3.8) is 0 Å². The summed E-state index contributed by atoms with van der Waals surface area (Å²) in [6.07, 6.45) is 3.57. The Bertz CT molecular complexity index is 951. The maximum atomic E-state index is 12.9. The van der Waals surface area contributed by atoms with Gasteiger partial charge in [-0.1, -0.05) is 59.8 Å². The molecule has 0 aliphatic rings. The maximum Gasteiger partial charge on any atom is 0.233 e. The summed E-state index contributed by atoms with van der Waals surface area (Å²) < 4.78 is 12.9. The van der Waals surface area contributed by atoms with Crippen LogP contribution in [0.4, 0.5) is 4.39 Å². The van der Waals surface area contributed by atoms with Crippen LogP contribution in [0, 0.1) is 12.7 Å². The van der Waals surface area contributed by atoms with Crippen LogP contribution in [0.2, 0.25) is 0 Å². The molecule has 0 aliphatic heterocycles. The summed E-state index contributed by atoms with van der Waals surface area (Å²) in [7, 11) is 0. The quantitative estimate of drug-likeness (QED) is 0.587. The lowest BCUT2D eigenvalue weighted by Gasteiger charge is -2.10. The molecule has 3 rings (SSSR count). The van der Waals surface area contributed by atoms with Crippen LogP contribution in [0.3, 0.4) is 0 Å². The van der Waals surface area contributed by atoms with Gasteiger partial charge >= 0.3 is 0 Å². The second-order valence-corrected chi connectivity index (χ2v) is 7.66. The predicted molar refractivity (Wildman–Crippen MR) is 110 cm³/mol. The van der Waals surface area contributed by atoms with Crippen molar-refractivity contribution in [2.24, 2.45) is 0 Å². The van der Waals surface area contributed by atoms with Gasteiger partial charge in [-0.15, -0.1) is 5.10 Å². The van der Waals surface area contributed by atoms with E-state index >= 15 is 0 Å². The van der Waals surface area contributed by atoms with E-state index in [1.807, 2.05) is 44.2 Å². The number of carbonyl (C=O) groups excluding carboxylic acids is 1. The van der Waals surface area contributed by atoms with Crippen molar-refractivity contribution in [3.8, 4) is 0 Å². The van der Waals surface area contributed by atoms with E-state index in [1.165, 1.54) is 29.5 Å². The number of aromatic amines is 1. The molecular weight excluding hydrogens is 375 g/mol. The summed E-state index contributed by atoms with van der Waals surface area (Å²) in [5.74, 6) is 0.225. The Hall–Kier alpha value is -2.93. The Morgan fingerprint density at radius 3 is 2.61 bits per heavy atom. The highest BCUT2D eigenvalue weighted by molar-refractivity contribution is 8.00. The fraction of sp³-hybridized carbons (Fsp3) is 0.190. The molecule has 1 heterocycles. The number of hydrogen-bond donors (Lipinski definition) is 2. The molecule has 1 aromatic heterocycles. The fourth-order valence-electron chi connectivity index (χ4n) is 2.38. The number of H-pyrrole nitrogens is 1. The van der Waals surface area contributed by atoms with Crippen molar-refractivity contribution in [2.45, 2.75) is 30.8 Å². The second kappa shape index (κ2) is 9.32. The van der Waals surface area contributed by atoms with Gasteiger partial charge in [-0.05, 0) is 43.2 Å². The third kappa shape index (κ3) is 5.79. The number of benzene rings is 2. The summed E-state index contributed by atoms with van der Waals surface area (Å²) in [4.78, 5) is 16.6. The topological polar surface area (TPSA) is 70.7 Å². The highest BCUT2D eigenvalue weighted by Crippen LogP contribution is 2.20. The van der Waals surface area contributed by atoms with Gasteiger partial charge in [0.1, 0.15) is 11.6 Å². The van der Waals surface area contributed by atoms with Gasteiger partial charge in [0.15, 0.2) is 0 Å². The number of halogens is 1. The summed E-state index contributed by atoms with van der Waals surface area (Å²) >= 11 is 1.28. The lowest BCUT2D eigenvalue weighted by atomic mass is 10.1. The number of carbonyl (C=O) groups is 1. The largest absolute Gasteiger partial charge is 0.351 e. The minimum atomic E-state index is -0.324. The van der Waals surface area contributed by atoms with E-state index in [1.54, 1.807) is 18.2 Å². The molecular formula is C21H21FN4OS. The SMILES string of the molecule is Cc1ccc(CNC(=O)C(C)Sc2n[nH]c(/C=C/c3ccc(F)cc3)n2)cc1. The molecule has 1 atom stereocenters. The molecule has 2 N–H and O–H groups in total. The highest BCUT2D eigenvalue weighted by Gasteiger charge is 2.16. The number of aryl methyl sites for hydroxylation is 1. The van der Waals surface area contributed by atoms with Crippen LogP contribution in [0.15, 0.2) is 53.7 Å². The van der Waals surface area contributed by atoms with Crippen molar-refractivity contribution in [3.05, 3.63) is 76.9 Å². The zero-order valence-corrected chi connectivity index (χ0v) is 16.5. The van der Waals surface area contributed by atoms with Gasteiger partial charge in [0.2, 0.25) is 11.1 Å². The first kappa shape index (κ1) is 19.8. The van der Waals surface area contributed by atoms with Crippen molar-refractivity contribution in [1.82, 2.24) is 20.5 Å². The minimum absolute atomic E-state index is 0.0706. The van der Waals surface area contributed by atoms with Crippen LogP contribution in [-0.4, -0.2) is 26.3 Å². The fourth-order valence-corrected chi connectivity index (χ4v) is 3.14. The van der Waals surface area contributed by atoms with Crippen molar-refractivity contribution >= 4 is 29.8 Å². The monoisotopic (exact) mass is 396 g/mol. The van der Waals surface area contributed by atoms with E-state index in [-0.39, 0.29) is 17.0 Å². The molecule has 0 saturated heterocycles. The number of aromatic nitrogens is 3. The van der Waals surface area contributed by atoms with Crippen LogP contribution in [0.1, 0.15) is 29.4 Å². The number of nitrogens with one attached hydrogen (secondary N) is 2. The van der Waals surface area contributed by atoms with Gasteiger partial charge < -0.3 is 5.32 Å². The van der Waals surface area contributed by atoms with Gasteiger partial charge in [-0.25, -0.2) is 9.37 Å². The first-order valence-electron chi connectivity index (χ1n) is 8.85. The van der Waals surface area contributed by atoms with Crippen LogP contribution < -0.4 is 5.32 Å². The molecule has 0 bridgehead atoms. The highest BCUT2D eigenvalue weighted by atomic mass is 32.2. The number of amides is 1. The van der Waals surface area contributed by atoms with Crippen molar-refractivity contribution < 1.29 is 9.18 Å². The molecule has 2 aromatic carbocycles. The van der Waals surface area contributed by atoms with E-state index in [9.17, 15) is 9.18 Å². The van der Waals surface area contributed by atoms with Crippen LogP contribution in [0.5, 0.6) is 0 Å². The summed E-state index contributed by atoms with van der Waals surface area (Å²) in [5.41, 5.74) is 3.10. The average Bonchev–Trinajstić information content (AvgIpc) is 3.14.